The highest BCUT2D eigenvalue weighted by molar-refractivity contribution is 5.21. The molecule has 0 aliphatic rings. The molecule has 2 aromatic rings. The molecule has 112 valence electrons. The first-order chi connectivity index (χ1) is 10.1. The number of aromatic nitrogens is 3. The first-order valence-corrected chi connectivity index (χ1v) is 6.51. The molecular formula is C13H17N5O3. The van der Waals surface area contributed by atoms with Gasteiger partial charge in [0.05, 0.1) is 17.6 Å². The summed E-state index contributed by atoms with van der Waals surface area (Å²) in [5.74, 6) is 0. The van der Waals surface area contributed by atoms with Gasteiger partial charge in [0, 0.05) is 25.5 Å². The Bertz CT molecular complexity index is 613. The summed E-state index contributed by atoms with van der Waals surface area (Å²) in [6, 6.07) is 1.93. The third-order valence-electron chi connectivity index (χ3n) is 3.07. The lowest BCUT2D eigenvalue weighted by atomic mass is 10.1. The Morgan fingerprint density at radius 2 is 2.33 bits per heavy atom. The number of nitrogens with zero attached hydrogens (tertiary/aromatic N) is 4. The number of nitro groups is 1. The van der Waals surface area contributed by atoms with Gasteiger partial charge in [0.25, 0.3) is 0 Å². The molecule has 0 aliphatic carbocycles. The Hall–Kier alpha value is -2.32. The highest BCUT2D eigenvalue weighted by Gasteiger charge is 2.11. The number of hydrogen-bond acceptors (Lipinski definition) is 6. The van der Waals surface area contributed by atoms with E-state index in [2.05, 4.69) is 15.4 Å². The molecule has 0 amide bonds. The Morgan fingerprint density at radius 1 is 1.52 bits per heavy atom. The Morgan fingerprint density at radius 3 is 3.00 bits per heavy atom. The van der Waals surface area contributed by atoms with Crippen LogP contribution in [0.25, 0.3) is 0 Å². The number of aryl methyl sites for hydroxylation is 1. The van der Waals surface area contributed by atoms with Gasteiger partial charge in [0.2, 0.25) is 0 Å². The lowest BCUT2D eigenvalue weighted by Crippen LogP contribution is -2.30. The molecule has 2 rings (SSSR count). The number of aliphatic hydroxyl groups is 1. The quantitative estimate of drug-likeness (QED) is 0.573. The monoisotopic (exact) mass is 291 g/mol. The van der Waals surface area contributed by atoms with Gasteiger partial charge in [0.1, 0.15) is 12.4 Å². The SMILES string of the molecule is Cc1ccncc1CNCC(O)Cn1cc([N+](=O)[O-])cn1. The molecule has 2 heterocycles. The van der Waals surface area contributed by atoms with Gasteiger partial charge in [-0.3, -0.25) is 19.8 Å². The standard InChI is InChI=1S/C13H17N5O3/c1-10-2-3-14-4-11(10)5-15-7-13(19)9-17-8-12(6-16-17)18(20)21/h2-4,6,8,13,15,19H,5,7,9H2,1H3. The van der Waals surface area contributed by atoms with Crippen LogP contribution >= 0.6 is 0 Å². The van der Waals surface area contributed by atoms with Crippen LogP contribution in [0, 0.1) is 17.0 Å². The highest BCUT2D eigenvalue weighted by Crippen LogP contribution is 2.08. The molecule has 8 heteroatoms. The molecule has 0 aromatic carbocycles. The molecule has 0 saturated carbocycles. The van der Waals surface area contributed by atoms with Gasteiger partial charge in [-0.25, -0.2) is 0 Å². The highest BCUT2D eigenvalue weighted by atomic mass is 16.6. The average Bonchev–Trinajstić information content (AvgIpc) is 2.89. The van der Waals surface area contributed by atoms with Crippen molar-refractivity contribution >= 4 is 5.69 Å². The number of pyridine rings is 1. The van der Waals surface area contributed by atoms with Crippen LogP contribution in [0.15, 0.2) is 30.9 Å². The maximum absolute atomic E-state index is 10.5. The molecule has 1 atom stereocenters. The maximum Gasteiger partial charge on any atom is 0.306 e. The summed E-state index contributed by atoms with van der Waals surface area (Å²) in [5, 5.41) is 27.4. The normalized spacial score (nSPS) is 12.3. The molecule has 0 aliphatic heterocycles. The van der Waals surface area contributed by atoms with Crippen molar-refractivity contribution in [1.29, 1.82) is 0 Å². The fourth-order valence-electron chi connectivity index (χ4n) is 1.88. The van der Waals surface area contributed by atoms with Crippen molar-refractivity contribution in [3.05, 3.63) is 52.1 Å². The van der Waals surface area contributed by atoms with Gasteiger partial charge in [-0.05, 0) is 24.1 Å². The van der Waals surface area contributed by atoms with Gasteiger partial charge in [-0.1, -0.05) is 0 Å². The first-order valence-electron chi connectivity index (χ1n) is 6.51. The molecule has 21 heavy (non-hydrogen) atoms. The molecule has 1 unspecified atom stereocenters. The third kappa shape index (κ3) is 4.33. The molecule has 2 N–H and O–H groups in total. The first kappa shape index (κ1) is 15.1. The van der Waals surface area contributed by atoms with E-state index in [1.807, 2.05) is 13.0 Å². The van der Waals surface area contributed by atoms with Crippen LogP contribution in [0.4, 0.5) is 5.69 Å². The predicted molar refractivity (Wildman–Crippen MR) is 75.6 cm³/mol. The van der Waals surface area contributed by atoms with Crippen molar-refractivity contribution < 1.29 is 10.0 Å². The summed E-state index contributed by atoms with van der Waals surface area (Å²) >= 11 is 0. The molecular weight excluding hydrogens is 274 g/mol. The van der Waals surface area contributed by atoms with Crippen LogP contribution in [0.1, 0.15) is 11.1 Å². The van der Waals surface area contributed by atoms with Crippen molar-refractivity contribution in [3.8, 4) is 0 Å². The van der Waals surface area contributed by atoms with E-state index in [1.54, 1.807) is 12.4 Å². The number of hydrogen-bond donors (Lipinski definition) is 2. The summed E-state index contributed by atoms with van der Waals surface area (Å²) in [6.45, 7) is 3.17. The zero-order valence-corrected chi connectivity index (χ0v) is 11.6. The van der Waals surface area contributed by atoms with Crippen molar-refractivity contribution in [1.82, 2.24) is 20.1 Å². The summed E-state index contributed by atoms with van der Waals surface area (Å²) in [6.07, 6.45) is 5.30. The van der Waals surface area contributed by atoms with Crippen LogP contribution in [0.3, 0.4) is 0 Å². The van der Waals surface area contributed by atoms with E-state index < -0.39 is 11.0 Å². The van der Waals surface area contributed by atoms with Crippen LogP contribution in [0.5, 0.6) is 0 Å². The molecule has 0 fully saturated rings. The minimum Gasteiger partial charge on any atom is -0.390 e. The number of nitrogens with one attached hydrogen (secondary N) is 1. The Kier molecular flexibility index (Phi) is 4.96. The van der Waals surface area contributed by atoms with Crippen molar-refractivity contribution in [2.24, 2.45) is 0 Å². The van der Waals surface area contributed by atoms with Crippen LogP contribution < -0.4 is 5.32 Å². The Labute approximate surface area is 121 Å². The molecule has 8 nitrogen and oxygen atoms in total. The Balaban J connectivity index is 1.78. The second kappa shape index (κ2) is 6.91. The minimum atomic E-state index is -0.679. The smallest absolute Gasteiger partial charge is 0.306 e. The third-order valence-corrected chi connectivity index (χ3v) is 3.07. The van der Waals surface area contributed by atoms with Gasteiger partial charge >= 0.3 is 5.69 Å². The van der Waals surface area contributed by atoms with Crippen LogP contribution in [-0.4, -0.2) is 37.4 Å². The van der Waals surface area contributed by atoms with Gasteiger partial charge in [-0.2, -0.15) is 5.10 Å². The summed E-state index contributed by atoms with van der Waals surface area (Å²) in [7, 11) is 0. The summed E-state index contributed by atoms with van der Waals surface area (Å²) in [4.78, 5) is 14.1. The van der Waals surface area contributed by atoms with Crippen LogP contribution in [0.2, 0.25) is 0 Å². The van der Waals surface area contributed by atoms with Crippen molar-refractivity contribution in [2.75, 3.05) is 6.54 Å². The molecule has 0 bridgehead atoms. The zero-order chi connectivity index (χ0) is 15.2. The van der Waals surface area contributed by atoms with Gasteiger partial charge < -0.3 is 10.4 Å². The summed E-state index contributed by atoms with van der Waals surface area (Å²) < 4.78 is 1.36. The van der Waals surface area contributed by atoms with Crippen LogP contribution in [-0.2, 0) is 13.1 Å². The van der Waals surface area contributed by atoms with E-state index in [1.165, 1.54) is 17.1 Å². The van der Waals surface area contributed by atoms with E-state index in [0.717, 1.165) is 11.1 Å². The predicted octanol–water partition coefficient (Wildman–Crippen LogP) is 0.645. The molecule has 2 aromatic heterocycles. The van der Waals surface area contributed by atoms with E-state index in [-0.39, 0.29) is 12.2 Å². The fraction of sp³-hybridized carbons (Fsp3) is 0.385. The van der Waals surface area contributed by atoms with Crippen molar-refractivity contribution in [2.45, 2.75) is 26.1 Å². The van der Waals surface area contributed by atoms with E-state index >= 15 is 0 Å². The lowest BCUT2D eigenvalue weighted by molar-refractivity contribution is -0.385. The second-order valence-electron chi connectivity index (χ2n) is 4.76. The van der Waals surface area contributed by atoms with E-state index in [9.17, 15) is 15.2 Å². The molecule has 0 radical (unpaired) electrons. The number of aliphatic hydroxyl groups excluding tert-OH is 1. The average molecular weight is 291 g/mol. The lowest BCUT2D eigenvalue weighted by Gasteiger charge is -2.12. The van der Waals surface area contributed by atoms with E-state index in [4.69, 9.17) is 0 Å². The minimum absolute atomic E-state index is 0.0823. The van der Waals surface area contributed by atoms with Gasteiger partial charge in [0.15, 0.2) is 0 Å². The number of rotatable bonds is 7. The largest absolute Gasteiger partial charge is 0.390 e. The van der Waals surface area contributed by atoms with E-state index in [0.29, 0.717) is 13.1 Å². The molecule has 0 saturated heterocycles. The topological polar surface area (TPSA) is 106 Å². The fourth-order valence-corrected chi connectivity index (χ4v) is 1.88. The zero-order valence-electron chi connectivity index (χ0n) is 11.6. The maximum atomic E-state index is 10.5. The molecule has 0 spiro atoms. The van der Waals surface area contributed by atoms with Gasteiger partial charge in [-0.15, -0.1) is 0 Å². The summed E-state index contributed by atoms with van der Waals surface area (Å²) in [5.41, 5.74) is 2.12. The van der Waals surface area contributed by atoms with Crippen molar-refractivity contribution in [3.63, 3.8) is 0 Å². The second-order valence-corrected chi connectivity index (χ2v) is 4.76.